The van der Waals surface area contributed by atoms with Gasteiger partial charge in [0, 0.05) is 38.8 Å². The zero-order chi connectivity index (χ0) is 19.5. The third-order valence-corrected chi connectivity index (χ3v) is 4.98. The van der Waals surface area contributed by atoms with Gasteiger partial charge >= 0.3 is 0 Å². The molecule has 0 radical (unpaired) electrons. The molecule has 1 aromatic carbocycles. The minimum absolute atomic E-state index is 0.300. The zero-order valence-corrected chi connectivity index (χ0v) is 15.9. The molecule has 2 aromatic heterocycles. The lowest BCUT2D eigenvalue weighted by atomic mass is 10.1. The minimum atomic E-state index is -0.394. The molecule has 28 heavy (non-hydrogen) atoms. The molecule has 0 aliphatic carbocycles. The van der Waals surface area contributed by atoms with Gasteiger partial charge in [-0.25, -0.2) is 14.4 Å². The fraction of sp³-hybridized carbons (Fsp3) is 0.368. The van der Waals surface area contributed by atoms with Crippen LogP contribution in [-0.2, 0) is 13.6 Å². The number of rotatable bonds is 5. The van der Waals surface area contributed by atoms with Gasteiger partial charge in [-0.3, -0.25) is 4.90 Å². The first-order valence-corrected chi connectivity index (χ1v) is 9.11. The zero-order valence-electron chi connectivity index (χ0n) is 15.9. The first-order chi connectivity index (χ1) is 13.7. The number of halogens is 1. The van der Waals surface area contributed by atoms with Crippen molar-refractivity contribution in [2.75, 3.05) is 38.2 Å². The number of benzene rings is 1. The molecular formula is C19H22FN7O. The lowest BCUT2D eigenvalue weighted by Crippen LogP contribution is -2.46. The van der Waals surface area contributed by atoms with Gasteiger partial charge < -0.3 is 14.2 Å². The Bertz CT molecular complexity index is 936. The first-order valence-electron chi connectivity index (χ1n) is 9.11. The van der Waals surface area contributed by atoms with Crippen LogP contribution in [0.5, 0.6) is 5.75 Å². The van der Waals surface area contributed by atoms with Gasteiger partial charge in [0.1, 0.15) is 29.9 Å². The summed E-state index contributed by atoms with van der Waals surface area (Å²) >= 11 is 0. The molecule has 1 saturated heterocycles. The third-order valence-electron chi connectivity index (χ3n) is 4.98. The summed E-state index contributed by atoms with van der Waals surface area (Å²) in [5, 5.41) is 8.04. The molecule has 0 saturated carbocycles. The van der Waals surface area contributed by atoms with Crippen LogP contribution in [-0.4, -0.2) is 62.9 Å². The largest absolute Gasteiger partial charge is 0.497 e. The minimum Gasteiger partial charge on any atom is -0.497 e. The van der Waals surface area contributed by atoms with E-state index >= 15 is 4.39 Å². The van der Waals surface area contributed by atoms with Crippen molar-refractivity contribution in [3.8, 4) is 17.0 Å². The van der Waals surface area contributed by atoms with Crippen LogP contribution in [0.3, 0.4) is 0 Å². The van der Waals surface area contributed by atoms with Crippen molar-refractivity contribution in [3.63, 3.8) is 0 Å². The van der Waals surface area contributed by atoms with Crippen LogP contribution < -0.4 is 9.64 Å². The van der Waals surface area contributed by atoms with Crippen LogP contribution in [0.15, 0.2) is 36.9 Å². The number of hydrogen-bond donors (Lipinski definition) is 0. The second kappa shape index (κ2) is 7.89. The van der Waals surface area contributed by atoms with E-state index in [1.165, 1.54) is 6.33 Å². The quantitative estimate of drug-likeness (QED) is 0.665. The van der Waals surface area contributed by atoms with Gasteiger partial charge in [0.25, 0.3) is 0 Å². The van der Waals surface area contributed by atoms with E-state index in [1.807, 2.05) is 16.5 Å². The Kier molecular flexibility index (Phi) is 5.16. The van der Waals surface area contributed by atoms with Gasteiger partial charge in [-0.15, -0.1) is 10.2 Å². The van der Waals surface area contributed by atoms with Gasteiger partial charge in [-0.1, -0.05) is 0 Å². The number of piperazine rings is 1. The molecule has 0 unspecified atom stereocenters. The lowest BCUT2D eigenvalue weighted by Gasteiger charge is -2.35. The Morgan fingerprint density at radius 3 is 2.46 bits per heavy atom. The maximum atomic E-state index is 15.1. The van der Waals surface area contributed by atoms with Gasteiger partial charge in [0.2, 0.25) is 0 Å². The highest BCUT2D eigenvalue weighted by atomic mass is 19.1. The van der Waals surface area contributed by atoms with E-state index in [9.17, 15) is 0 Å². The summed E-state index contributed by atoms with van der Waals surface area (Å²) in [4.78, 5) is 12.6. The molecule has 3 aromatic rings. The maximum Gasteiger partial charge on any atom is 0.191 e. The van der Waals surface area contributed by atoms with Crippen molar-refractivity contribution in [2.24, 2.45) is 7.05 Å². The summed E-state index contributed by atoms with van der Waals surface area (Å²) in [5.74, 6) is 1.59. The molecule has 146 valence electrons. The Morgan fingerprint density at radius 1 is 1.07 bits per heavy atom. The van der Waals surface area contributed by atoms with Gasteiger partial charge in [0.15, 0.2) is 11.6 Å². The van der Waals surface area contributed by atoms with E-state index in [4.69, 9.17) is 4.74 Å². The number of nitrogens with zero attached hydrogens (tertiary/aromatic N) is 7. The number of ether oxygens (including phenoxy) is 1. The SMILES string of the molecule is COc1ccc(-c2ncnc(N3CCN(Cc4nncn4C)CC3)c2F)cc1. The standard InChI is InChI=1S/C19H22FN7O/c1-25-13-23-24-16(25)11-26-7-9-27(10-8-26)19-17(20)18(21-12-22-19)14-3-5-15(28-2)6-4-14/h3-6,12-13H,7-11H2,1-2H3. The summed E-state index contributed by atoms with van der Waals surface area (Å²) in [6.45, 7) is 3.71. The van der Waals surface area contributed by atoms with E-state index in [1.54, 1.807) is 37.7 Å². The molecule has 8 nitrogen and oxygen atoms in total. The third kappa shape index (κ3) is 3.65. The Morgan fingerprint density at radius 2 is 1.82 bits per heavy atom. The number of aryl methyl sites for hydroxylation is 1. The summed E-state index contributed by atoms with van der Waals surface area (Å²) in [6, 6.07) is 7.18. The predicted octanol–water partition coefficient (Wildman–Crippen LogP) is 1.74. The number of aromatic nitrogens is 5. The van der Waals surface area contributed by atoms with Crippen molar-refractivity contribution < 1.29 is 9.13 Å². The molecule has 0 N–H and O–H groups in total. The van der Waals surface area contributed by atoms with E-state index in [0.29, 0.717) is 30.2 Å². The van der Waals surface area contributed by atoms with E-state index in [0.717, 1.165) is 31.2 Å². The van der Waals surface area contributed by atoms with Gasteiger partial charge in [0.05, 0.1) is 13.7 Å². The first kappa shape index (κ1) is 18.3. The molecule has 0 amide bonds. The molecule has 1 fully saturated rings. The van der Waals surface area contributed by atoms with Crippen molar-refractivity contribution in [1.82, 2.24) is 29.6 Å². The molecule has 9 heteroatoms. The molecule has 0 spiro atoms. The fourth-order valence-electron chi connectivity index (χ4n) is 3.30. The van der Waals surface area contributed by atoms with Crippen molar-refractivity contribution in [2.45, 2.75) is 6.54 Å². The van der Waals surface area contributed by atoms with Crippen LogP contribution in [0.4, 0.5) is 10.2 Å². The molecule has 3 heterocycles. The van der Waals surface area contributed by atoms with E-state index < -0.39 is 5.82 Å². The van der Waals surface area contributed by atoms with Crippen LogP contribution in [0.25, 0.3) is 11.3 Å². The Hall–Kier alpha value is -3.07. The van der Waals surface area contributed by atoms with Gasteiger partial charge in [-0.05, 0) is 24.3 Å². The number of anilines is 1. The molecule has 0 atom stereocenters. The smallest absolute Gasteiger partial charge is 0.191 e. The molecule has 1 aliphatic rings. The summed E-state index contributed by atoms with van der Waals surface area (Å²) in [6.07, 6.45) is 3.12. The normalized spacial score (nSPS) is 15.0. The highest BCUT2D eigenvalue weighted by molar-refractivity contribution is 5.64. The molecular weight excluding hydrogens is 361 g/mol. The topological polar surface area (TPSA) is 72.2 Å². The predicted molar refractivity (Wildman–Crippen MR) is 102 cm³/mol. The summed E-state index contributed by atoms with van der Waals surface area (Å²) < 4.78 is 22.2. The second-order valence-electron chi connectivity index (χ2n) is 6.71. The molecule has 0 bridgehead atoms. The second-order valence-corrected chi connectivity index (χ2v) is 6.71. The van der Waals surface area contributed by atoms with Crippen LogP contribution >= 0.6 is 0 Å². The highest BCUT2D eigenvalue weighted by Crippen LogP contribution is 2.28. The van der Waals surface area contributed by atoms with Crippen LogP contribution in [0, 0.1) is 5.82 Å². The van der Waals surface area contributed by atoms with Gasteiger partial charge in [-0.2, -0.15) is 0 Å². The van der Waals surface area contributed by atoms with E-state index in [-0.39, 0.29) is 0 Å². The fourth-order valence-corrected chi connectivity index (χ4v) is 3.30. The molecule has 4 rings (SSSR count). The van der Waals surface area contributed by atoms with E-state index in [2.05, 4.69) is 25.1 Å². The average molecular weight is 383 g/mol. The van der Waals surface area contributed by atoms with Crippen LogP contribution in [0.1, 0.15) is 5.82 Å². The Balaban J connectivity index is 1.47. The van der Waals surface area contributed by atoms with Crippen LogP contribution in [0.2, 0.25) is 0 Å². The maximum absolute atomic E-state index is 15.1. The average Bonchev–Trinajstić information content (AvgIpc) is 3.13. The number of methoxy groups -OCH3 is 1. The summed E-state index contributed by atoms with van der Waals surface area (Å²) in [7, 11) is 3.53. The van der Waals surface area contributed by atoms with Crippen molar-refractivity contribution in [3.05, 3.63) is 48.6 Å². The molecule has 1 aliphatic heterocycles. The van der Waals surface area contributed by atoms with Crippen molar-refractivity contribution in [1.29, 1.82) is 0 Å². The highest BCUT2D eigenvalue weighted by Gasteiger charge is 2.23. The summed E-state index contributed by atoms with van der Waals surface area (Å²) in [5.41, 5.74) is 0.997. The number of hydrogen-bond acceptors (Lipinski definition) is 7. The Labute approximate surface area is 162 Å². The monoisotopic (exact) mass is 383 g/mol. The lowest BCUT2D eigenvalue weighted by molar-refractivity contribution is 0.240. The van der Waals surface area contributed by atoms with Crippen molar-refractivity contribution >= 4 is 5.82 Å².